The average Bonchev–Trinajstić information content (AvgIpc) is 2.68. The molecule has 7 nitrogen and oxygen atoms in total. The minimum absolute atomic E-state index is 0.0288. The molecule has 0 heterocycles. The first-order valence-electron chi connectivity index (χ1n) is 8.07. The van der Waals surface area contributed by atoms with Crippen LogP contribution < -0.4 is 5.32 Å². The number of rotatable bonds is 8. The second-order valence-electron chi connectivity index (χ2n) is 5.60. The zero-order chi connectivity index (χ0) is 20.7. The molecule has 0 aliphatic carbocycles. The van der Waals surface area contributed by atoms with E-state index in [0.717, 1.165) is 4.90 Å². The van der Waals surface area contributed by atoms with Gasteiger partial charge in [-0.05, 0) is 36.6 Å². The van der Waals surface area contributed by atoms with Gasteiger partial charge in [0.25, 0.3) is 11.8 Å². The number of hydrogen-bond acceptors (Lipinski definition) is 5. The molecule has 3 amide bonds. The van der Waals surface area contributed by atoms with Crippen molar-refractivity contribution in [2.24, 2.45) is 0 Å². The van der Waals surface area contributed by atoms with Crippen molar-refractivity contribution in [2.75, 3.05) is 23.9 Å². The van der Waals surface area contributed by atoms with Gasteiger partial charge in [0.05, 0.1) is 21.7 Å². The Labute approximate surface area is 170 Å². The van der Waals surface area contributed by atoms with Gasteiger partial charge in [0.1, 0.15) is 0 Å². The standard InChI is InChI=1S/C19H17ClN2O5S/c1-28-9-8-22(11-23)18(25)14-5-3-2-4-13(14)17(24)21-12-6-7-15(19(26)27)16(20)10-12/h2-7,10-11H,8-9H2,1H3,(H,21,24)(H,26,27). The number of thioether (sulfide) groups is 1. The lowest BCUT2D eigenvalue weighted by atomic mass is 10.1. The van der Waals surface area contributed by atoms with Crippen molar-refractivity contribution < 1.29 is 24.3 Å². The molecule has 0 aliphatic heterocycles. The molecule has 28 heavy (non-hydrogen) atoms. The van der Waals surface area contributed by atoms with Gasteiger partial charge >= 0.3 is 5.97 Å². The van der Waals surface area contributed by atoms with E-state index in [1.807, 2.05) is 6.26 Å². The largest absolute Gasteiger partial charge is 0.478 e. The average molecular weight is 421 g/mol. The molecular formula is C19H17ClN2O5S. The van der Waals surface area contributed by atoms with Gasteiger partial charge < -0.3 is 10.4 Å². The van der Waals surface area contributed by atoms with E-state index >= 15 is 0 Å². The van der Waals surface area contributed by atoms with Gasteiger partial charge in [0.15, 0.2) is 0 Å². The number of carbonyl (C=O) groups is 4. The molecule has 9 heteroatoms. The van der Waals surface area contributed by atoms with Gasteiger partial charge in [0.2, 0.25) is 6.41 Å². The number of imide groups is 1. The van der Waals surface area contributed by atoms with Crippen molar-refractivity contribution in [3.8, 4) is 0 Å². The molecule has 2 N–H and O–H groups in total. The second kappa shape index (κ2) is 9.91. The summed E-state index contributed by atoms with van der Waals surface area (Å²) >= 11 is 7.40. The van der Waals surface area contributed by atoms with Gasteiger partial charge in [-0.3, -0.25) is 19.3 Å². The van der Waals surface area contributed by atoms with Crippen LogP contribution in [0.15, 0.2) is 42.5 Å². The number of hydrogen-bond donors (Lipinski definition) is 2. The molecule has 0 fully saturated rings. The first-order chi connectivity index (χ1) is 13.4. The summed E-state index contributed by atoms with van der Waals surface area (Å²) in [7, 11) is 0. The third-order valence-corrected chi connectivity index (χ3v) is 4.69. The van der Waals surface area contributed by atoms with Gasteiger partial charge in [-0.25, -0.2) is 4.79 Å². The van der Waals surface area contributed by atoms with Crippen molar-refractivity contribution in [2.45, 2.75) is 0 Å². The topological polar surface area (TPSA) is 104 Å². The summed E-state index contributed by atoms with van der Waals surface area (Å²) in [5.41, 5.74) is 0.353. The third-order valence-electron chi connectivity index (χ3n) is 3.78. The molecule has 0 saturated carbocycles. The molecule has 0 aromatic heterocycles. The number of anilines is 1. The molecule has 0 bridgehead atoms. The Morgan fingerprint density at radius 3 is 2.39 bits per heavy atom. The number of nitrogens with one attached hydrogen (secondary N) is 1. The Hall–Kier alpha value is -2.84. The van der Waals surface area contributed by atoms with E-state index in [-0.39, 0.29) is 33.9 Å². The smallest absolute Gasteiger partial charge is 0.337 e. The van der Waals surface area contributed by atoms with Crippen LogP contribution in [0.1, 0.15) is 31.1 Å². The van der Waals surface area contributed by atoms with E-state index in [4.69, 9.17) is 16.7 Å². The Bertz CT molecular complexity index is 919. The van der Waals surface area contributed by atoms with Gasteiger partial charge in [-0.2, -0.15) is 11.8 Å². The molecular weight excluding hydrogens is 404 g/mol. The van der Waals surface area contributed by atoms with Crippen LogP contribution >= 0.6 is 23.4 Å². The predicted octanol–water partition coefficient (Wildman–Crippen LogP) is 3.25. The molecule has 0 atom stereocenters. The summed E-state index contributed by atoms with van der Waals surface area (Å²) in [6.07, 6.45) is 2.30. The summed E-state index contributed by atoms with van der Waals surface area (Å²) in [5.74, 6) is -1.77. The number of halogens is 1. The molecule has 0 saturated heterocycles. The summed E-state index contributed by atoms with van der Waals surface area (Å²) in [5, 5.41) is 11.6. The third kappa shape index (κ3) is 5.11. The minimum atomic E-state index is -1.18. The van der Waals surface area contributed by atoms with Crippen LogP contribution in [0.4, 0.5) is 5.69 Å². The van der Waals surface area contributed by atoms with Crippen molar-refractivity contribution in [3.63, 3.8) is 0 Å². The lowest BCUT2D eigenvalue weighted by Crippen LogP contribution is -2.33. The summed E-state index contributed by atoms with van der Waals surface area (Å²) in [6.45, 7) is 0.228. The number of benzene rings is 2. The van der Waals surface area contributed by atoms with Crippen LogP contribution in [0.2, 0.25) is 5.02 Å². The van der Waals surface area contributed by atoms with Gasteiger partial charge in [0, 0.05) is 18.0 Å². The van der Waals surface area contributed by atoms with Crippen molar-refractivity contribution in [1.82, 2.24) is 4.90 Å². The fourth-order valence-electron chi connectivity index (χ4n) is 2.38. The number of aromatic carboxylic acids is 1. The van der Waals surface area contributed by atoms with Gasteiger partial charge in [-0.1, -0.05) is 23.7 Å². The minimum Gasteiger partial charge on any atom is -0.478 e. The van der Waals surface area contributed by atoms with E-state index in [1.54, 1.807) is 12.1 Å². The normalized spacial score (nSPS) is 10.2. The molecule has 0 unspecified atom stereocenters. The number of nitrogens with zero attached hydrogens (tertiary/aromatic N) is 1. The van der Waals surface area contributed by atoms with Crippen molar-refractivity contribution in [1.29, 1.82) is 0 Å². The summed E-state index contributed by atoms with van der Waals surface area (Å²) in [4.78, 5) is 48.6. The first kappa shape index (κ1) is 21.5. The van der Waals surface area contributed by atoms with Crippen LogP contribution in [0, 0.1) is 0 Å². The zero-order valence-corrected chi connectivity index (χ0v) is 16.4. The highest BCUT2D eigenvalue weighted by atomic mass is 35.5. The Morgan fingerprint density at radius 2 is 1.82 bits per heavy atom. The SMILES string of the molecule is CSCCN(C=O)C(=O)c1ccccc1C(=O)Nc1ccc(C(=O)O)c(Cl)c1. The highest BCUT2D eigenvalue weighted by Gasteiger charge is 2.21. The van der Waals surface area contributed by atoms with Crippen molar-refractivity contribution >= 4 is 53.2 Å². The van der Waals surface area contributed by atoms with E-state index in [2.05, 4.69) is 5.32 Å². The monoisotopic (exact) mass is 420 g/mol. The van der Waals surface area contributed by atoms with Gasteiger partial charge in [-0.15, -0.1) is 0 Å². The van der Waals surface area contributed by atoms with Crippen LogP contribution in [0.25, 0.3) is 0 Å². The Balaban J connectivity index is 2.27. The van der Waals surface area contributed by atoms with Crippen LogP contribution in [-0.2, 0) is 4.79 Å². The van der Waals surface area contributed by atoms with Crippen molar-refractivity contribution in [3.05, 3.63) is 64.2 Å². The Morgan fingerprint density at radius 1 is 1.14 bits per heavy atom. The lowest BCUT2D eigenvalue weighted by Gasteiger charge is -2.17. The zero-order valence-electron chi connectivity index (χ0n) is 14.8. The summed E-state index contributed by atoms with van der Waals surface area (Å²) < 4.78 is 0. The molecule has 2 aromatic carbocycles. The lowest BCUT2D eigenvalue weighted by molar-refractivity contribution is -0.115. The maximum Gasteiger partial charge on any atom is 0.337 e. The molecule has 2 aromatic rings. The van der Waals surface area contributed by atoms with E-state index < -0.39 is 17.8 Å². The van der Waals surface area contributed by atoms with E-state index in [1.165, 1.54) is 42.1 Å². The first-order valence-corrected chi connectivity index (χ1v) is 9.84. The maximum absolute atomic E-state index is 12.7. The molecule has 146 valence electrons. The number of carbonyl (C=O) groups excluding carboxylic acids is 3. The van der Waals surface area contributed by atoms with E-state index in [0.29, 0.717) is 12.2 Å². The van der Waals surface area contributed by atoms with Crippen LogP contribution in [0.5, 0.6) is 0 Å². The summed E-state index contributed by atoms with van der Waals surface area (Å²) in [6, 6.07) is 10.1. The predicted molar refractivity (Wildman–Crippen MR) is 108 cm³/mol. The molecule has 0 spiro atoms. The van der Waals surface area contributed by atoms with Crippen LogP contribution in [0.3, 0.4) is 0 Å². The number of amides is 3. The fourth-order valence-corrected chi connectivity index (χ4v) is 3.02. The highest BCUT2D eigenvalue weighted by Crippen LogP contribution is 2.22. The van der Waals surface area contributed by atoms with Crippen LogP contribution in [-0.4, -0.2) is 52.8 Å². The molecule has 0 radical (unpaired) electrons. The highest BCUT2D eigenvalue weighted by molar-refractivity contribution is 7.98. The second-order valence-corrected chi connectivity index (χ2v) is 6.99. The number of carboxylic acids is 1. The quantitative estimate of drug-likeness (QED) is 0.635. The molecule has 0 aliphatic rings. The number of carboxylic acid groups (broad SMARTS) is 1. The fraction of sp³-hybridized carbons (Fsp3) is 0.158. The Kier molecular flexibility index (Phi) is 7.60. The maximum atomic E-state index is 12.7. The molecule has 2 rings (SSSR count). The van der Waals surface area contributed by atoms with E-state index in [9.17, 15) is 19.2 Å².